The van der Waals surface area contributed by atoms with Crippen molar-refractivity contribution in [3.63, 3.8) is 0 Å². The fraction of sp³-hybridized carbons (Fsp3) is 0.273. The van der Waals surface area contributed by atoms with Gasteiger partial charge in [-0.3, -0.25) is 4.79 Å². The molecule has 0 aromatic heterocycles. The van der Waals surface area contributed by atoms with Crippen molar-refractivity contribution in [2.75, 3.05) is 0 Å². The quantitative estimate of drug-likeness (QED) is 0.738. The molecule has 0 saturated carbocycles. The van der Waals surface area contributed by atoms with Gasteiger partial charge >= 0.3 is 0 Å². The topological polar surface area (TPSA) is 74.6 Å². The summed E-state index contributed by atoms with van der Waals surface area (Å²) in [6, 6.07) is 3.76. The van der Waals surface area contributed by atoms with E-state index in [9.17, 15) is 14.7 Å². The van der Waals surface area contributed by atoms with E-state index in [-0.39, 0.29) is 41.5 Å². The lowest BCUT2D eigenvalue weighted by Gasteiger charge is -2.03. The summed E-state index contributed by atoms with van der Waals surface area (Å²) in [5, 5.41) is 18.4. The predicted molar refractivity (Wildman–Crippen MR) is 54.0 cm³/mol. The maximum Gasteiger partial charge on any atom is 0.167 e. The summed E-state index contributed by atoms with van der Waals surface area (Å²) < 4.78 is 0. The second kappa shape index (κ2) is 4.59. The Morgan fingerprint density at radius 2 is 1.87 bits per heavy atom. The molecule has 0 atom stereocenters. The zero-order valence-electron chi connectivity index (χ0n) is 8.36. The Balaban J connectivity index is 2.78. The molecule has 0 aliphatic carbocycles. The fourth-order valence-electron chi connectivity index (χ4n) is 1.18. The number of carbonyl (C=O) groups is 2. The third-order valence-electron chi connectivity index (χ3n) is 1.99. The molecule has 15 heavy (non-hydrogen) atoms. The van der Waals surface area contributed by atoms with E-state index in [0.29, 0.717) is 0 Å². The van der Waals surface area contributed by atoms with Crippen LogP contribution in [0.5, 0.6) is 11.5 Å². The second-order valence-corrected chi connectivity index (χ2v) is 3.33. The number of phenolic OH excluding ortho intramolecular Hbond substituents is 2. The van der Waals surface area contributed by atoms with Crippen LogP contribution in [-0.2, 0) is 4.79 Å². The number of benzene rings is 1. The largest absolute Gasteiger partial charge is 0.508 e. The van der Waals surface area contributed by atoms with Crippen LogP contribution in [0.25, 0.3) is 0 Å². The van der Waals surface area contributed by atoms with Crippen LogP contribution in [-0.4, -0.2) is 21.8 Å². The molecular formula is C11H12O4. The number of phenols is 2. The highest BCUT2D eigenvalue weighted by Gasteiger charge is 2.11. The normalized spacial score (nSPS) is 9.93. The van der Waals surface area contributed by atoms with E-state index in [1.807, 2.05) is 0 Å². The molecule has 0 radical (unpaired) electrons. The van der Waals surface area contributed by atoms with Crippen molar-refractivity contribution in [3.05, 3.63) is 23.8 Å². The first-order valence-electron chi connectivity index (χ1n) is 4.55. The third kappa shape index (κ3) is 3.09. The zero-order valence-corrected chi connectivity index (χ0v) is 8.36. The molecule has 0 spiro atoms. The third-order valence-corrected chi connectivity index (χ3v) is 1.99. The lowest BCUT2D eigenvalue weighted by atomic mass is 10.0. The van der Waals surface area contributed by atoms with Crippen molar-refractivity contribution in [3.8, 4) is 11.5 Å². The fourth-order valence-corrected chi connectivity index (χ4v) is 1.18. The Bertz CT molecular complexity index is 396. The molecule has 0 saturated heterocycles. The molecule has 0 amide bonds. The minimum absolute atomic E-state index is 0.0679. The van der Waals surface area contributed by atoms with Gasteiger partial charge in [-0.15, -0.1) is 0 Å². The summed E-state index contributed by atoms with van der Waals surface area (Å²) in [5.41, 5.74) is 0.133. The number of ketones is 2. The highest BCUT2D eigenvalue weighted by molar-refractivity contribution is 6.00. The molecule has 0 bridgehead atoms. The maximum absolute atomic E-state index is 11.5. The first-order valence-corrected chi connectivity index (χ1v) is 4.55. The minimum Gasteiger partial charge on any atom is -0.508 e. The van der Waals surface area contributed by atoms with Crippen molar-refractivity contribution in [2.24, 2.45) is 0 Å². The van der Waals surface area contributed by atoms with Crippen molar-refractivity contribution < 1.29 is 19.8 Å². The van der Waals surface area contributed by atoms with E-state index in [1.165, 1.54) is 19.1 Å². The van der Waals surface area contributed by atoms with Crippen LogP contribution in [0.1, 0.15) is 30.1 Å². The molecule has 1 rings (SSSR count). The predicted octanol–water partition coefficient (Wildman–Crippen LogP) is 1.65. The van der Waals surface area contributed by atoms with Crippen molar-refractivity contribution in [2.45, 2.75) is 19.8 Å². The van der Waals surface area contributed by atoms with E-state index in [2.05, 4.69) is 0 Å². The van der Waals surface area contributed by atoms with Gasteiger partial charge in [-0.2, -0.15) is 0 Å². The lowest BCUT2D eigenvalue weighted by molar-refractivity contribution is -0.116. The Morgan fingerprint density at radius 3 is 2.40 bits per heavy atom. The molecular weight excluding hydrogens is 196 g/mol. The standard InChI is InChI=1S/C11H12O4/c1-7(12)2-5-10(14)9-4-3-8(13)6-11(9)15/h3-4,6,13,15H,2,5H2,1H3. The van der Waals surface area contributed by atoms with Gasteiger partial charge in [0.1, 0.15) is 17.3 Å². The Morgan fingerprint density at radius 1 is 1.20 bits per heavy atom. The van der Waals surface area contributed by atoms with E-state index >= 15 is 0 Å². The monoisotopic (exact) mass is 208 g/mol. The molecule has 0 fully saturated rings. The van der Waals surface area contributed by atoms with Gasteiger partial charge in [-0.05, 0) is 19.1 Å². The van der Waals surface area contributed by atoms with Crippen molar-refractivity contribution >= 4 is 11.6 Å². The van der Waals surface area contributed by atoms with Gasteiger partial charge < -0.3 is 15.0 Å². The summed E-state index contributed by atoms with van der Waals surface area (Å²) in [7, 11) is 0. The summed E-state index contributed by atoms with van der Waals surface area (Å²) >= 11 is 0. The van der Waals surface area contributed by atoms with Crippen LogP contribution in [0.3, 0.4) is 0 Å². The molecule has 1 aromatic rings. The molecule has 0 heterocycles. The lowest BCUT2D eigenvalue weighted by Crippen LogP contribution is -2.02. The molecule has 0 unspecified atom stereocenters. The van der Waals surface area contributed by atoms with Crippen LogP contribution in [0.15, 0.2) is 18.2 Å². The van der Waals surface area contributed by atoms with Gasteiger partial charge in [0.15, 0.2) is 5.78 Å². The molecule has 0 aliphatic heterocycles. The van der Waals surface area contributed by atoms with E-state index in [0.717, 1.165) is 6.07 Å². The van der Waals surface area contributed by atoms with Crippen molar-refractivity contribution in [1.82, 2.24) is 0 Å². The Kier molecular flexibility index (Phi) is 3.44. The van der Waals surface area contributed by atoms with Crippen LogP contribution < -0.4 is 0 Å². The molecule has 0 aliphatic rings. The van der Waals surface area contributed by atoms with Crippen LogP contribution in [0.2, 0.25) is 0 Å². The summed E-state index contributed by atoms with van der Waals surface area (Å²) in [6.07, 6.45) is 0.243. The van der Waals surface area contributed by atoms with Gasteiger partial charge in [0, 0.05) is 18.9 Å². The number of aromatic hydroxyl groups is 2. The highest BCUT2D eigenvalue weighted by Crippen LogP contribution is 2.23. The van der Waals surface area contributed by atoms with Crippen LogP contribution in [0.4, 0.5) is 0 Å². The SMILES string of the molecule is CC(=O)CCC(=O)c1ccc(O)cc1O. The van der Waals surface area contributed by atoms with E-state index < -0.39 is 0 Å². The summed E-state index contributed by atoms with van der Waals surface area (Å²) in [5.74, 6) is -0.733. The van der Waals surface area contributed by atoms with E-state index in [4.69, 9.17) is 5.11 Å². The van der Waals surface area contributed by atoms with Gasteiger partial charge in [-0.1, -0.05) is 0 Å². The summed E-state index contributed by atoms with van der Waals surface area (Å²) in [4.78, 5) is 22.2. The smallest absolute Gasteiger partial charge is 0.167 e. The number of hydrogen-bond donors (Lipinski definition) is 2. The Labute approximate surface area is 87.2 Å². The number of Topliss-reactive ketones (excluding diaryl/α,β-unsaturated/α-hetero) is 2. The van der Waals surface area contributed by atoms with Gasteiger partial charge in [0.2, 0.25) is 0 Å². The highest BCUT2D eigenvalue weighted by atomic mass is 16.3. The molecule has 4 heteroatoms. The van der Waals surface area contributed by atoms with Crippen LogP contribution >= 0.6 is 0 Å². The number of carbonyl (C=O) groups excluding carboxylic acids is 2. The number of hydrogen-bond acceptors (Lipinski definition) is 4. The zero-order chi connectivity index (χ0) is 11.4. The number of rotatable bonds is 4. The average Bonchev–Trinajstić information content (AvgIpc) is 2.14. The summed E-state index contributed by atoms with van der Waals surface area (Å²) in [6.45, 7) is 1.41. The van der Waals surface area contributed by atoms with Gasteiger partial charge in [0.25, 0.3) is 0 Å². The van der Waals surface area contributed by atoms with Gasteiger partial charge in [-0.25, -0.2) is 0 Å². The molecule has 2 N–H and O–H groups in total. The minimum atomic E-state index is -0.303. The first kappa shape index (κ1) is 11.2. The molecule has 1 aromatic carbocycles. The van der Waals surface area contributed by atoms with Crippen LogP contribution in [0, 0.1) is 0 Å². The first-order chi connectivity index (χ1) is 7.00. The van der Waals surface area contributed by atoms with E-state index in [1.54, 1.807) is 0 Å². The average molecular weight is 208 g/mol. The maximum atomic E-state index is 11.5. The molecule has 4 nitrogen and oxygen atoms in total. The van der Waals surface area contributed by atoms with Crippen molar-refractivity contribution in [1.29, 1.82) is 0 Å². The Hall–Kier alpha value is -1.84. The van der Waals surface area contributed by atoms with Gasteiger partial charge in [0.05, 0.1) is 5.56 Å². The second-order valence-electron chi connectivity index (χ2n) is 3.33. The molecule has 80 valence electrons.